The maximum absolute atomic E-state index is 12.2. The van der Waals surface area contributed by atoms with Gasteiger partial charge >= 0.3 is 0 Å². The molecule has 0 fully saturated rings. The molecule has 1 aromatic rings. The van der Waals surface area contributed by atoms with Gasteiger partial charge in [-0.3, -0.25) is 4.79 Å². The summed E-state index contributed by atoms with van der Waals surface area (Å²) in [6.07, 6.45) is 0.641. The van der Waals surface area contributed by atoms with E-state index in [0.717, 1.165) is 0 Å². The number of benzene rings is 1. The Morgan fingerprint density at radius 2 is 1.80 bits per heavy atom. The van der Waals surface area contributed by atoms with Gasteiger partial charge in [-0.2, -0.15) is 0 Å². The average molecular weight is 302 g/mol. The lowest BCUT2D eigenvalue weighted by Gasteiger charge is -2.17. The van der Waals surface area contributed by atoms with Crippen molar-refractivity contribution in [3.63, 3.8) is 0 Å². The first kappa shape index (κ1) is 16.6. The van der Waals surface area contributed by atoms with Crippen LogP contribution in [0, 0.1) is 0 Å². The van der Waals surface area contributed by atoms with Gasteiger partial charge in [-0.05, 0) is 18.6 Å². The molecule has 0 heterocycles. The van der Waals surface area contributed by atoms with Gasteiger partial charge in [-0.15, -0.1) is 11.6 Å². The molecule has 0 aromatic heterocycles. The summed E-state index contributed by atoms with van der Waals surface area (Å²) in [5.41, 5.74) is 0.469. The highest BCUT2D eigenvalue weighted by Crippen LogP contribution is 2.22. The highest BCUT2D eigenvalue weighted by Gasteiger charge is 2.15. The maximum Gasteiger partial charge on any atom is 0.251 e. The van der Waals surface area contributed by atoms with Crippen LogP contribution < -0.4 is 14.8 Å². The van der Waals surface area contributed by atoms with E-state index in [0.29, 0.717) is 36.0 Å². The number of alkyl halides is 1. The summed E-state index contributed by atoms with van der Waals surface area (Å²) in [6, 6.07) is 4.90. The Balaban J connectivity index is 2.84. The summed E-state index contributed by atoms with van der Waals surface area (Å²) in [7, 11) is 4.66. The van der Waals surface area contributed by atoms with Crippen molar-refractivity contribution in [1.82, 2.24) is 5.32 Å². The fraction of sp³-hybridized carbons (Fsp3) is 0.500. The molecule has 1 rings (SSSR count). The van der Waals surface area contributed by atoms with Crippen LogP contribution in [-0.2, 0) is 4.74 Å². The number of nitrogens with one attached hydrogen (secondary N) is 1. The number of carbonyl (C=O) groups is 1. The summed E-state index contributed by atoms with van der Waals surface area (Å²) >= 11 is 5.71. The highest BCUT2D eigenvalue weighted by molar-refractivity contribution is 6.17. The molecule has 5 nitrogen and oxygen atoms in total. The molecule has 0 saturated heterocycles. The molecule has 0 spiro atoms. The third-order valence-corrected chi connectivity index (χ3v) is 2.99. The number of amides is 1. The Morgan fingerprint density at radius 3 is 2.25 bits per heavy atom. The van der Waals surface area contributed by atoms with Crippen molar-refractivity contribution >= 4 is 17.5 Å². The lowest BCUT2D eigenvalue weighted by atomic mass is 10.1. The maximum atomic E-state index is 12.2. The monoisotopic (exact) mass is 301 g/mol. The number of halogens is 1. The molecule has 0 aliphatic rings. The fourth-order valence-corrected chi connectivity index (χ4v) is 2.00. The van der Waals surface area contributed by atoms with Gasteiger partial charge in [0, 0.05) is 24.6 Å². The zero-order valence-electron chi connectivity index (χ0n) is 11.9. The largest absolute Gasteiger partial charge is 0.497 e. The van der Waals surface area contributed by atoms with Crippen molar-refractivity contribution in [2.24, 2.45) is 0 Å². The molecule has 6 heteroatoms. The van der Waals surface area contributed by atoms with Gasteiger partial charge in [-0.25, -0.2) is 0 Å². The Labute approximate surface area is 124 Å². The molecule has 1 aromatic carbocycles. The molecular formula is C14H20ClNO4. The third-order valence-electron chi connectivity index (χ3n) is 2.77. The van der Waals surface area contributed by atoms with Gasteiger partial charge in [0.1, 0.15) is 11.5 Å². The molecule has 0 saturated carbocycles. The smallest absolute Gasteiger partial charge is 0.251 e. The molecule has 1 unspecified atom stereocenters. The van der Waals surface area contributed by atoms with E-state index in [1.807, 2.05) is 0 Å². The Kier molecular flexibility index (Phi) is 7.18. The van der Waals surface area contributed by atoms with E-state index in [4.69, 9.17) is 25.8 Å². The van der Waals surface area contributed by atoms with Gasteiger partial charge in [-0.1, -0.05) is 0 Å². The number of hydrogen-bond donors (Lipinski definition) is 1. The van der Waals surface area contributed by atoms with Crippen LogP contribution in [0.25, 0.3) is 0 Å². The van der Waals surface area contributed by atoms with Crippen LogP contribution in [0.3, 0.4) is 0 Å². The van der Waals surface area contributed by atoms with Gasteiger partial charge in [0.25, 0.3) is 5.91 Å². The lowest BCUT2D eigenvalue weighted by Crippen LogP contribution is -2.38. The van der Waals surface area contributed by atoms with Crippen molar-refractivity contribution in [1.29, 1.82) is 0 Å². The van der Waals surface area contributed by atoms with Crippen molar-refractivity contribution in [2.75, 3.05) is 33.8 Å². The number of rotatable bonds is 8. The second kappa shape index (κ2) is 8.66. The topological polar surface area (TPSA) is 56.8 Å². The number of methoxy groups -OCH3 is 3. The van der Waals surface area contributed by atoms with E-state index >= 15 is 0 Å². The van der Waals surface area contributed by atoms with Crippen molar-refractivity contribution < 1.29 is 19.0 Å². The van der Waals surface area contributed by atoms with Gasteiger partial charge < -0.3 is 19.5 Å². The van der Waals surface area contributed by atoms with E-state index in [9.17, 15) is 4.79 Å². The van der Waals surface area contributed by atoms with E-state index in [-0.39, 0.29) is 11.9 Å². The SMILES string of the molecule is COCC(CCCl)NC(=O)c1cc(OC)cc(OC)c1. The average Bonchev–Trinajstić information content (AvgIpc) is 2.47. The molecule has 20 heavy (non-hydrogen) atoms. The van der Waals surface area contributed by atoms with Gasteiger partial charge in [0.05, 0.1) is 26.9 Å². The van der Waals surface area contributed by atoms with Crippen LogP contribution in [0.5, 0.6) is 11.5 Å². The summed E-state index contributed by atoms with van der Waals surface area (Å²) < 4.78 is 15.3. The normalized spacial score (nSPS) is 11.8. The number of hydrogen-bond acceptors (Lipinski definition) is 4. The Morgan fingerprint density at radius 1 is 1.20 bits per heavy atom. The molecule has 112 valence electrons. The molecule has 0 radical (unpaired) electrons. The first-order valence-corrected chi connectivity index (χ1v) is 6.76. The van der Waals surface area contributed by atoms with E-state index < -0.39 is 0 Å². The van der Waals surface area contributed by atoms with E-state index in [2.05, 4.69) is 5.32 Å². The minimum absolute atomic E-state index is 0.123. The van der Waals surface area contributed by atoms with Crippen LogP contribution in [0.2, 0.25) is 0 Å². The van der Waals surface area contributed by atoms with Crippen LogP contribution in [0.15, 0.2) is 18.2 Å². The highest BCUT2D eigenvalue weighted by atomic mass is 35.5. The zero-order chi connectivity index (χ0) is 15.0. The lowest BCUT2D eigenvalue weighted by molar-refractivity contribution is 0.0894. The quantitative estimate of drug-likeness (QED) is 0.747. The molecule has 0 aliphatic heterocycles. The van der Waals surface area contributed by atoms with E-state index in [1.165, 1.54) is 14.2 Å². The van der Waals surface area contributed by atoms with Gasteiger partial charge in [0.2, 0.25) is 0 Å². The third kappa shape index (κ3) is 4.90. The molecular weight excluding hydrogens is 282 g/mol. The molecule has 1 N–H and O–H groups in total. The van der Waals surface area contributed by atoms with Crippen molar-refractivity contribution in [3.8, 4) is 11.5 Å². The number of carbonyl (C=O) groups excluding carboxylic acids is 1. The summed E-state index contributed by atoms with van der Waals surface area (Å²) in [6.45, 7) is 0.416. The Bertz CT molecular complexity index is 411. The second-order valence-electron chi connectivity index (χ2n) is 4.20. The van der Waals surface area contributed by atoms with Crippen molar-refractivity contribution in [2.45, 2.75) is 12.5 Å². The Hall–Kier alpha value is -1.46. The first-order valence-electron chi connectivity index (χ1n) is 6.23. The fourth-order valence-electron chi connectivity index (χ4n) is 1.74. The van der Waals surface area contributed by atoms with Crippen LogP contribution in [-0.4, -0.2) is 45.8 Å². The zero-order valence-corrected chi connectivity index (χ0v) is 12.7. The minimum Gasteiger partial charge on any atom is -0.497 e. The van der Waals surface area contributed by atoms with Crippen LogP contribution in [0.4, 0.5) is 0 Å². The van der Waals surface area contributed by atoms with Gasteiger partial charge in [0.15, 0.2) is 0 Å². The molecule has 0 aliphatic carbocycles. The predicted octanol–water partition coefficient (Wildman–Crippen LogP) is 2.08. The molecule has 1 amide bonds. The van der Waals surface area contributed by atoms with Crippen molar-refractivity contribution in [3.05, 3.63) is 23.8 Å². The van der Waals surface area contributed by atoms with Crippen LogP contribution >= 0.6 is 11.6 Å². The first-order chi connectivity index (χ1) is 9.64. The summed E-state index contributed by atoms with van der Waals surface area (Å²) in [5, 5.41) is 2.88. The standard InChI is InChI=1S/C14H20ClNO4/c1-18-9-11(4-5-15)16-14(17)10-6-12(19-2)8-13(7-10)20-3/h6-8,11H,4-5,9H2,1-3H3,(H,16,17). The van der Waals surface area contributed by atoms with Crippen LogP contribution in [0.1, 0.15) is 16.8 Å². The molecule has 1 atom stereocenters. The number of ether oxygens (including phenoxy) is 3. The second-order valence-corrected chi connectivity index (χ2v) is 4.58. The predicted molar refractivity (Wildman–Crippen MR) is 78.0 cm³/mol. The summed E-state index contributed by atoms with van der Waals surface area (Å²) in [5.74, 6) is 1.37. The minimum atomic E-state index is -0.214. The van der Waals surface area contributed by atoms with E-state index in [1.54, 1.807) is 25.3 Å². The molecule has 0 bridgehead atoms. The summed E-state index contributed by atoms with van der Waals surface area (Å²) in [4.78, 5) is 12.2.